The van der Waals surface area contributed by atoms with Crippen LogP contribution >= 0.6 is 0 Å². The van der Waals surface area contributed by atoms with Crippen LogP contribution in [0.3, 0.4) is 0 Å². The third-order valence-electron chi connectivity index (χ3n) is 3.41. The zero-order chi connectivity index (χ0) is 12.5. The van der Waals surface area contributed by atoms with E-state index in [0.29, 0.717) is 6.10 Å². The first kappa shape index (κ1) is 14.9. The van der Waals surface area contributed by atoms with Gasteiger partial charge in [-0.25, -0.2) is 0 Å². The van der Waals surface area contributed by atoms with Crippen molar-refractivity contribution in [3.05, 3.63) is 0 Å². The largest absolute Gasteiger partial charge is 0.377 e. The monoisotopic (exact) mass is 242 g/mol. The average molecular weight is 242 g/mol. The van der Waals surface area contributed by atoms with Crippen LogP contribution in [0.2, 0.25) is 0 Å². The molecule has 17 heavy (non-hydrogen) atoms. The molecule has 1 atom stereocenters. The van der Waals surface area contributed by atoms with Gasteiger partial charge in [-0.05, 0) is 59.2 Å². The van der Waals surface area contributed by atoms with E-state index in [2.05, 4.69) is 31.1 Å². The van der Waals surface area contributed by atoms with Crippen LogP contribution in [0.1, 0.15) is 46.0 Å². The van der Waals surface area contributed by atoms with E-state index in [4.69, 9.17) is 4.74 Å². The van der Waals surface area contributed by atoms with Crippen molar-refractivity contribution < 1.29 is 4.74 Å². The number of hydrogen-bond donors (Lipinski definition) is 1. The molecule has 1 unspecified atom stereocenters. The highest BCUT2D eigenvalue weighted by Crippen LogP contribution is 2.24. The van der Waals surface area contributed by atoms with Gasteiger partial charge in [0.2, 0.25) is 0 Å². The summed E-state index contributed by atoms with van der Waals surface area (Å²) in [6.07, 6.45) is 6.79. The summed E-state index contributed by atoms with van der Waals surface area (Å²) in [4.78, 5) is 2.43. The van der Waals surface area contributed by atoms with Crippen molar-refractivity contribution in [2.45, 2.75) is 58.1 Å². The van der Waals surface area contributed by atoms with E-state index in [-0.39, 0.29) is 0 Å². The lowest BCUT2D eigenvalue weighted by Crippen LogP contribution is -2.27. The molecule has 3 heteroatoms. The standard InChI is InChI=1S/C14H30N2O/c1-4-9-15-10-5-6-13(2)17-12-11-16(3)14-7-8-14/h13-15H,4-12H2,1-3H3. The van der Waals surface area contributed by atoms with E-state index in [9.17, 15) is 0 Å². The van der Waals surface area contributed by atoms with E-state index in [0.717, 1.165) is 32.3 Å². The Balaban J connectivity index is 1.84. The Hall–Kier alpha value is -0.120. The molecular weight excluding hydrogens is 212 g/mol. The summed E-state index contributed by atoms with van der Waals surface area (Å²) in [5, 5.41) is 3.42. The van der Waals surface area contributed by atoms with Gasteiger partial charge in [0.1, 0.15) is 0 Å². The van der Waals surface area contributed by atoms with Crippen LogP contribution in [0.15, 0.2) is 0 Å². The van der Waals surface area contributed by atoms with Crippen LogP contribution in [-0.4, -0.2) is 50.3 Å². The topological polar surface area (TPSA) is 24.5 Å². The second kappa shape index (κ2) is 8.90. The lowest BCUT2D eigenvalue weighted by atomic mass is 10.2. The summed E-state index contributed by atoms with van der Waals surface area (Å²) in [5.41, 5.74) is 0. The fourth-order valence-corrected chi connectivity index (χ4v) is 2.00. The second-order valence-electron chi connectivity index (χ2n) is 5.29. The summed E-state index contributed by atoms with van der Waals surface area (Å²) in [5.74, 6) is 0. The molecule has 0 radical (unpaired) electrons. The van der Waals surface area contributed by atoms with E-state index >= 15 is 0 Å². The van der Waals surface area contributed by atoms with Crippen LogP contribution in [-0.2, 0) is 4.74 Å². The van der Waals surface area contributed by atoms with Crippen LogP contribution < -0.4 is 5.32 Å². The normalized spacial score (nSPS) is 17.6. The van der Waals surface area contributed by atoms with Crippen LogP contribution in [0.4, 0.5) is 0 Å². The van der Waals surface area contributed by atoms with Gasteiger partial charge < -0.3 is 15.0 Å². The van der Waals surface area contributed by atoms with Crippen molar-refractivity contribution in [3.63, 3.8) is 0 Å². The molecule has 1 N–H and O–H groups in total. The molecule has 0 spiro atoms. The van der Waals surface area contributed by atoms with Gasteiger partial charge in [-0.3, -0.25) is 0 Å². The Labute approximate surface area is 107 Å². The Morgan fingerprint density at radius 2 is 2.12 bits per heavy atom. The highest BCUT2D eigenvalue weighted by Gasteiger charge is 2.25. The molecule has 0 aromatic carbocycles. The van der Waals surface area contributed by atoms with Gasteiger partial charge in [-0.2, -0.15) is 0 Å². The molecule has 1 aliphatic rings. The first-order valence-corrected chi connectivity index (χ1v) is 7.26. The first-order valence-electron chi connectivity index (χ1n) is 7.26. The van der Waals surface area contributed by atoms with Crippen molar-refractivity contribution in [2.75, 3.05) is 33.3 Å². The number of likely N-dealkylation sites (N-methyl/N-ethyl adjacent to an activating group) is 1. The Bertz CT molecular complexity index is 183. The minimum atomic E-state index is 0.408. The number of ether oxygens (including phenoxy) is 1. The van der Waals surface area contributed by atoms with E-state index in [1.165, 1.54) is 32.1 Å². The van der Waals surface area contributed by atoms with Gasteiger partial charge in [0.25, 0.3) is 0 Å². The Morgan fingerprint density at radius 1 is 1.35 bits per heavy atom. The summed E-state index contributed by atoms with van der Waals surface area (Å²) in [6, 6.07) is 0.854. The SMILES string of the molecule is CCCNCCCC(C)OCCN(C)C1CC1. The zero-order valence-electron chi connectivity index (χ0n) is 11.9. The minimum Gasteiger partial charge on any atom is -0.377 e. The van der Waals surface area contributed by atoms with Gasteiger partial charge in [0, 0.05) is 12.6 Å². The van der Waals surface area contributed by atoms with Gasteiger partial charge in [0.05, 0.1) is 12.7 Å². The number of rotatable bonds is 11. The molecule has 0 aromatic rings. The third kappa shape index (κ3) is 7.74. The van der Waals surface area contributed by atoms with E-state index in [1.54, 1.807) is 0 Å². The molecular formula is C14H30N2O. The van der Waals surface area contributed by atoms with Crippen LogP contribution in [0, 0.1) is 0 Å². The number of nitrogens with zero attached hydrogens (tertiary/aromatic N) is 1. The van der Waals surface area contributed by atoms with Crippen molar-refractivity contribution in [3.8, 4) is 0 Å². The van der Waals surface area contributed by atoms with Gasteiger partial charge in [-0.15, -0.1) is 0 Å². The molecule has 1 aliphatic carbocycles. The number of nitrogens with one attached hydrogen (secondary N) is 1. The van der Waals surface area contributed by atoms with Crippen LogP contribution in [0.5, 0.6) is 0 Å². The second-order valence-corrected chi connectivity index (χ2v) is 5.29. The summed E-state index contributed by atoms with van der Waals surface area (Å²) < 4.78 is 5.83. The molecule has 1 rings (SSSR count). The van der Waals surface area contributed by atoms with Crippen molar-refractivity contribution >= 4 is 0 Å². The molecule has 0 aliphatic heterocycles. The molecule has 0 aromatic heterocycles. The van der Waals surface area contributed by atoms with Gasteiger partial charge in [0.15, 0.2) is 0 Å². The highest BCUT2D eigenvalue weighted by molar-refractivity contribution is 4.82. The Kier molecular flexibility index (Phi) is 7.82. The van der Waals surface area contributed by atoms with Crippen molar-refractivity contribution in [1.29, 1.82) is 0 Å². The first-order chi connectivity index (χ1) is 8.24. The average Bonchev–Trinajstić information content (AvgIpc) is 3.12. The molecule has 102 valence electrons. The lowest BCUT2D eigenvalue weighted by molar-refractivity contribution is 0.0454. The lowest BCUT2D eigenvalue weighted by Gasteiger charge is -2.18. The maximum atomic E-state index is 5.83. The molecule has 1 saturated carbocycles. The maximum Gasteiger partial charge on any atom is 0.0597 e. The smallest absolute Gasteiger partial charge is 0.0597 e. The predicted octanol–water partition coefficient (Wildman–Crippen LogP) is 2.27. The fraction of sp³-hybridized carbons (Fsp3) is 1.00. The minimum absolute atomic E-state index is 0.408. The van der Waals surface area contributed by atoms with Crippen molar-refractivity contribution in [1.82, 2.24) is 10.2 Å². The number of hydrogen-bond acceptors (Lipinski definition) is 3. The van der Waals surface area contributed by atoms with Gasteiger partial charge in [-0.1, -0.05) is 6.92 Å². The molecule has 0 saturated heterocycles. The third-order valence-corrected chi connectivity index (χ3v) is 3.41. The summed E-state index contributed by atoms with van der Waals surface area (Å²) in [6.45, 7) is 8.64. The van der Waals surface area contributed by atoms with E-state index < -0.39 is 0 Å². The Morgan fingerprint density at radius 3 is 2.76 bits per heavy atom. The van der Waals surface area contributed by atoms with Crippen LogP contribution in [0.25, 0.3) is 0 Å². The van der Waals surface area contributed by atoms with Crippen molar-refractivity contribution in [2.24, 2.45) is 0 Å². The fourth-order valence-electron chi connectivity index (χ4n) is 2.00. The molecule has 1 fully saturated rings. The molecule has 0 amide bonds. The molecule has 0 bridgehead atoms. The van der Waals surface area contributed by atoms with Gasteiger partial charge >= 0.3 is 0 Å². The maximum absolute atomic E-state index is 5.83. The molecule has 3 nitrogen and oxygen atoms in total. The molecule has 0 heterocycles. The quantitative estimate of drug-likeness (QED) is 0.563. The highest BCUT2D eigenvalue weighted by atomic mass is 16.5. The zero-order valence-corrected chi connectivity index (χ0v) is 11.9. The summed E-state index contributed by atoms with van der Waals surface area (Å²) in [7, 11) is 2.21. The van der Waals surface area contributed by atoms with E-state index in [1.807, 2.05) is 0 Å². The summed E-state index contributed by atoms with van der Waals surface area (Å²) >= 11 is 0. The predicted molar refractivity (Wildman–Crippen MR) is 73.5 cm³/mol.